The minimum Gasteiger partial charge on any atom is -0.305 e. The summed E-state index contributed by atoms with van der Waals surface area (Å²) in [5, 5.41) is 7.66. The normalized spacial score (nSPS) is 12.6. The molecule has 0 aliphatic heterocycles. The van der Waals surface area contributed by atoms with Gasteiger partial charge in [0.15, 0.2) is 0 Å². The standard InChI is InChI=1S/C15H21FN4/c1-3-7-17-14(15-13(16)6-5-8-18-15)12-10-19-20(11-12)9-4-2/h5-6,8,10-11,14,17H,3-4,7,9H2,1-2H3. The van der Waals surface area contributed by atoms with E-state index >= 15 is 0 Å². The molecule has 1 N–H and O–H groups in total. The molecule has 0 amide bonds. The molecule has 0 bridgehead atoms. The second kappa shape index (κ2) is 7.14. The van der Waals surface area contributed by atoms with Crippen LogP contribution in [0.5, 0.6) is 0 Å². The molecule has 2 aromatic rings. The van der Waals surface area contributed by atoms with Crippen LogP contribution in [0, 0.1) is 5.82 Å². The molecule has 2 aromatic heterocycles. The van der Waals surface area contributed by atoms with Crippen LogP contribution < -0.4 is 5.32 Å². The fraction of sp³-hybridized carbons (Fsp3) is 0.467. The van der Waals surface area contributed by atoms with Gasteiger partial charge in [-0.3, -0.25) is 9.67 Å². The van der Waals surface area contributed by atoms with Crippen LogP contribution in [0.15, 0.2) is 30.7 Å². The highest BCUT2D eigenvalue weighted by Gasteiger charge is 2.20. The third-order valence-electron chi connectivity index (χ3n) is 3.10. The Kier molecular flexibility index (Phi) is 5.24. The van der Waals surface area contributed by atoms with Crippen molar-refractivity contribution >= 4 is 0 Å². The molecule has 5 heteroatoms. The Morgan fingerprint density at radius 2 is 2.20 bits per heavy atom. The smallest absolute Gasteiger partial charge is 0.146 e. The zero-order valence-electron chi connectivity index (χ0n) is 12.0. The highest BCUT2D eigenvalue weighted by atomic mass is 19.1. The second-order valence-corrected chi connectivity index (χ2v) is 4.79. The molecular weight excluding hydrogens is 255 g/mol. The van der Waals surface area contributed by atoms with Gasteiger partial charge in [-0.25, -0.2) is 4.39 Å². The second-order valence-electron chi connectivity index (χ2n) is 4.79. The molecular formula is C15H21FN4. The number of rotatable bonds is 7. The van der Waals surface area contributed by atoms with Crippen molar-refractivity contribution in [3.05, 3.63) is 47.8 Å². The largest absolute Gasteiger partial charge is 0.305 e. The summed E-state index contributed by atoms with van der Waals surface area (Å²) < 4.78 is 15.9. The Labute approximate surface area is 119 Å². The van der Waals surface area contributed by atoms with Crippen LogP contribution in [0.25, 0.3) is 0 Å². The predicted molar refractivity (Wildman–Crippen MR) is 76.8 cm³/mol. The van der Waals surface area contributed by atoms with E-state index in [1.54, 1.807) is 18.5 Å². The van der Waals surface area contributed by atoms with Gasteiger partial charge in [-0.05, 0) is 31.5 Å². The first-order chi connectivity index (χ1) is 9.76. The number of nitrogens with zero attached hydrogens (tertiary/aromatic N) is 3. The van der Waals surface area contributed by atoms with E-state index in [1.807, 2.05) is 10.9 Å². The Hall–Kier alpha value is -1.75. The molecule has 0 radical (unpaired) electrons. The summed E-state index contributed by atoms with van der Waals surface area (Å²) in [5.74, 6) is -0.288. The summed E-state index contributed by atoms with van der Waals surface area (Å²) >= 11 is 0. The predicted octanol–water partition coefficient (Wildman–Crippen LogP) is 2.92. The zero-order valence-corrected chi connectivity index (χ0v) is 12.0. The number of pyridine rings is 1. The summed E-state index contributed by atoms with van der Waals surface area (Å²) in [6.45, 7) is 5.86. The molecule has 1 unspecified atom stereocenters. The van der Waals surface area contributed by atoms with Crippen LogP contribution in [-0.2, 0) is 6.54 Å². The molecule has 0 saturated carbocycles. The van der Waals surface area contributed by atoms with Crippen LogP contribution in [-0.4, -0.2) is 21.3 Å². The molecule has 108 valence electrons. The molecule has 20 heavy (non-hydrogen) atoms. The Balaban J connectivity index is 2.29. The van der Waals surface area contributed by atoms with Crippen molar-refractivity contribution in [3.8, 4) is 0 Å². The van der Waals surface area contributed by atoms with Crippen LogP contribution in [0.4, 0.5) is 4.39 Å². The average Bonchev–Trinajstić information content (AvgIpc) is 2.90. The highest BCUT2D eigenvalue weighted by molar-refractivity contribution is 5.24. The van der Waals surface area contributed by atoms with Gasteiger partial charge in [-0.1, -0.05) is 13.8 Å². The lowest BCUT2D eigenvalue weighted by atomic mass is 10.1. The van der Waals surface area contributed by atoms with Gasteiger partial charge in [0.2, 0.25) is 0 Å². The van der Waals surface area contributed by atoms with Crippen LogP contribution in [0.3, 0.4) is 0 Å². The van der Waals surface area contributed by atoms with Gasteiger partial charge < -0.3 is 5.32 Å². The van der Waals surface area contributed by atoms with E-state index in [1.165, 1.54) is 6.07 Å². The molecule has 0 aromatic carbocycles. The third kappa shape index (κ3) is 3.42. The monoisotopic (exact) mass is 276 g/mol. The molecule has 0 saturated heterocycles. The fourth-order valence-electron chi connectivity index (χ4n) is 2.15. The van der Waals surface area contributed by atoms with Gasteiger partial charge in [0.1, 0.15) is 5.82 Å². The van der Waals surface area contributed by atoms with Crippen molar-refractivity contribution < 1.29 is 4.39 Å². The Morgan fingerprint density at radius 1 is 1.35 bits per heavy atom. The van der Waals surface area contributed by atoms with Crippen molar-refractivity contribution in [2.45, 2.75) is 39.3 Å². The number of halogens is 1. The summed E-state index contributed by atoms with van der Waals surface area (Å²) in [4.78, 5) is 4.19. The van der Waals surface area contributed by atoms with Crippen molar-refractivity contribution in [2.24, 2.45) is 0 Å². The molecule has 0 aliphatic rings. The number of hydrogen-bond acceptors (Lipinski definition) is 3. The lowest BCUT2D eigenvalue weighted by Gasteiger charge is -2.17. The quantitative estimate of drug-likeness (QED) is 0.845. The fourth-order valence-corrected chi connectivity index (χ4v) is 2.15. The highest BCUT2D eigenvalue weighted by Crippen LogP contribution is 2.22. The van der Waals surface area contributed by atoms with Gasteiger partial charge in [0.25, 0.3) is 0 Å². The molecule has 1 atom stereocenters. The van der Waals surface area contributed by atoms with Gasteiger partial charge in [0, 0.05) is 24.5 Å². The molecule has 0 aliphatic carbocycles. The van der Waals surface area contributed by atoms with E-state index in [2.05, 4.69) is 29.2 Å². The minimum absolute atomic E-state index is 0.248. The van der Waals surface area contributed by atoms with E-state index in [0.29, 0.717) is 5.69 Å². The first-order valence-corrected chi connectivity index (χ1v) is 7.12. The molecule has 2 heterocycles. The topological polar surface area (TPSA) is 42.7 Å². The average molecular weight is 276 g/mol. The molecule has 2 rings (SSSR count). The lowest BCUT2D eigenvalue weighted by molar-refractivity contribution is 0.530. The summed E-state index contributed by atoms with van der Waals surface area (Å²) in [5.41, 5.74) is 1.38. The van der Waals surface area contributed by atoms with Crippen molar-refractivity contribution in [1.29, 1.82) is 0 Å². The number of nitrogens with one attached hydrogen (secondary N) is 1. The molecule has 4 nitrogen and oxygen atoms in total. The Morgan fingerprint density at radius 3 is 2.90 bits per heavy atom. The number of hydrogen-bond donors (Lipinski definition) is 1. The van der Waals surface area contributed by atoms with E-state index in [9.17, 15) is 4.39 Å². The lowest BCUT2D eigenvalue weighted by Crippen LogP contribution is -2.24. The van der Waals surface area contributed by atoms with Crippen molar-refractivity contribution in [1.82, 2.24) is 20.1 Å². The van der Waals surface area contributed by atoms with Gasteiger partial charge in [-0.15, -0.1) is 0 Å². The zero-order chi connectivity index (χ0) is 14.4. The van der Waals surface area contributed by atoms with Crippen LogP contribution in [0.2, 0.25) is 0 Å². The maximum atomic E-state index is 14.0. The Bertz CT molecular complexity index is 538. The van der Waals surface area contributed by atoms with Crippen LogP contribution >= 0.6 is 0 Å². The van der Waals surface area contributed by atoms with Crippen molar-refractivity contribution in [2.75, 3.05) is 6.54 Å². The minimum atomic E-state index is -0.288. The van der Waals surface area contributed by atoms with Crippen LogP contribution in [0.1, 0.15) is 44.0 Å². The summed E-state index contributed by atoms with van der Waals surface area (Å²) in [7, 11) is 0. The SMILES string of the molecule is CCCNC(c1cnn(CCC)c1)c1ncccc1F. The number of aryl methyl sites for hydroxylation is 1. The summed E-state index contributed by atoms with van der Waals surface area (Å²) in [6, 6.07) is 2.80. The van der Waals surface area contributed by atoms with E-state index in [4.69, 9.17) is 0 Å². The number of aromatic nitrogens is 3. The molecule has 0 fully saturated rings. The summed E-state index contributed by atoms with van der Waals surface area (Å²) in [6.07, 6.45) is 7.37. The maximum Gasteiger partial charge on any atom is 0.146 e. The maximum absolute atomic E-state index is 14.0. The van der Waals surface area contributed by atoms with E-state index in [0.717, 1.165) is 31.5 Å². The van der Waals surface area contributed by atoms with E-state index < -0.39 is 0 Å². The third-order valence-corrected chi connectivity index (χ3v) is 3.10. The van der Waals surface area contributed by atoms with Crippen molar-refractivity contribution in [3.63, 3.8) is 0 Å². The van der Waals surface area contributed by atoms with Gasteiger partial charge >= 0.3 is 0 Å². The van der Waals surface area contributed by atoms with Gasteiger partial charge in [0.05, 0.1) is 17.9 Å². The van der Waals surface area contributed by atoms with Gasteiger partial charge in [-0.2, -0.15) is 5.10 Å². The first kappa shape index (κ1) is 14.7. The van der Waals surface area contributed by atoms with E-state index in [-0.39, 0.29) is 11.9 Å². The first-order valence-electron chi connectivity index (χ1n) is 7.12. The molecule has 0 spiro atoms.